The molecule has 1 aliphatic rings. The molecule has 0 heterocycles. The summed E-state index contributed by atoms with van der Waals surface area (Å²) in [7, 11) is 2.13. The Morgan fingerprint density at radius 1 is 0.581 bits per heavy atom. The first-order valence-electron chi connectivity index (χ1n) is 10.8. The van der Waals surface area contributed by atoms with E-state index < -0.39 is 0 Å². The van der Waals surface area contributed by atoms with Crippen molar-refractivity contribution in [2.45, 2.75) is 12.8 Å². The second-order valence-corrected chi connectivity index (χ2v) is 7.89. The molecule has 0 N–H and O–H groups in total. The predicted octanol–water partition coefficient (Wildman–Crippen LogP) is 7.98. The lowest BCUT2D eigenvalue weighted by Crippen LogP contribution is -2.16. The van der Waals surface area contributed by atoms with Crippen LogP contribution < -0.4 is 9.80 Å². The van der Waals surface area contributed by atoms with E-state index in [2.05, 4.69) is 132 Å². The zero-order valence-corrected chi connectivity index (χ0v) is 17.8. The van der Waals surface area contributed by atoms with Gasteiger partial charge in [0.2, 0.25) is 0 Å². The van der Waals surface area contributed by atoms with E-state index in [-0.39, 0.29) is 0 Å². The van der Waals surface area contributed by atoms with Crippen molar-refractivity contribution in [1.82, 2.24) is 0 Å². The SMILES string of the molecule is CN(c1ccc(N(C2=CCCC=C2)c2ccccc2)cc1)c1ccc2ccccc2c1. The Kier molecular flexibility index (Phi) is 5.28. The van der Waals surface area contributed by atoms with Gasteiger partial charge in [0.15, 0.2) is 0 Å². The van der Waals surface area contributed by atoms with E-state index in [1.54, 1.807) is 0 Å². The van der Waals surface area contributed by atoms with Gasteiger partial charge in [-0.05, 0) is 78.2 Å². The van der Waals surface area contributed by atoms with Crippen LogP contribution >= 0.6 is 0 Å². The Balaban J connectivity index is 1.47. The zero-order valence-electron chi connectivity index (χ0n) is 17.8. The van der Waals surface area contributed by atoms with Crippen LogP contribution in [0.5, 0.6) is 0 Å². The third-order valence-corrected chi connectivity index (χ3v) is 5.86. The number of nitrogens with zero attached hydrogens (tertiary/aromatic N) is 2. The van der Waals surface area contributed by atoms with Crippen LogP contribution in [0.2, 0.25) is 0 Å². The van der Waals surface area contributed by atoms with Gasteiger partial charge in [0.1, 0.15) is 0 Å². The molecule has 0 atom stereocenters. The molecule has 0 spiro atoms. The average molecular weight is 403 g/mol. The largest absolute Gasteiger partial charge is 0.345 e. The third kappa shape index (κ3) is 3.97. The van der Waals surface area contributed by atoms with Crippen LogP contribution in [0.1, 0.15) is 12.8 Å². The lowest BCUT2D eigenvalue weighted by Gasteiger charge is -2.28. The number of hydrogen-bond donors (Lipinski definition) is 0. The molecule has 1 aliphatic carbocycles. The number of benzene rings is 4. The van der Waals surface area contributed by atoms with Crippen molar-refractivity contribution < 1.29 is 0 Å². The maximum atomic E-state index is 2.33. The van der Waals surface area contributed by atoms with Gasteiger partial charge >= 0.3 is 0 Å². The van der Waals surface area contributed by atoms with Crippen LogP contribution in [-0.2, 0) is 0 Å². The molecule has 0 radical (unpaired) electrons. The van der Waals surface area contributed by atoms with Gasteiger partial charge in [0.25, 0.3) is 0 Å². The fourth-order valence-corrected chi connectivity index (χ4v) is 4.15. The van der Waals surface area contributed by atoms with E-state index >= 15 is 0 Å². The molecule has 0 amide bonds. The fraction of sp³-hybridized carbons (Fsp3) is 0.103. The summed E-state index contributed by atoms with van der Waals surface area (Å²) in [6, 6.07) is 34.5. The Morgan fingerprint density at radius 3 is 1.97 bits per heavy atom. The van der Waals surface area contributed by atoms with E-state index in [9.17, 15) is 0 Å². The third-order valence-electron chi connectivity index (χ3n) is 5.86. The van der Waals surface area contributed by atoms with Crippen molar-refractivity contribution in [3.05, 3.63) is 121 Å². The van der Waals surface area contributed by atoms with Gasteiger partial charge in [-0.2, -0.15) is 0 Å². The maximum Gasteiger partial charge on any atom is 0.0462 e. The van der Waals surface area contributed by atoms with Crippen LogP contribution in [0.3, 0.4) is 0 Å². The molecule has 152 valence electrons. The molecule has 0 saturated heterocycles. The summed E-state index contributed by atoms with van der Waals surface area (Å²) in [5, 5.41) is 2.53. The zero-order chi connectivity index (χ0) is 21.0. The fourth-order valence-electron chi connectivity index (χ4n) is 4.15. The van der Waals surface area contributed by atoms with Crippen LogP contribution in [0.15, 0.2) is 121 Å². The summed E-state index contributed by atoms with van der Waals surface area (Å²) in [6.07, 6.45) is 9.00. The van der Waals surface area contributed by atoms with Gasteiger partial charge in [-0.3, -0.25) is 0 Å². The van der Waals surface area contributed by atoms with Gasteiger partial charge < -0.3 is 9.80 Å². The minimum atomic E-state index is 1.08. The summed E-state index contributed by atoms with van der Waals surface area (Å²) in [4.78, 5) is 4.57. The first kappa shape index (κ1) is 19.2. The molecule has 2 heteroatoms. The van der Waals surface area contributed by atoms with Crippen LogP contribution in [0, 0.1) is 0 Å². The van der Waals surface area contributed by atoms with E-state index in [0.29, 0.717) is 0 Å². The van der Waals surface area contributed by atoms with Crippen LogP contribution in [0.25, 0.3) is 10.8 Å². The summed E-state index contributed by atoms with van der Waals surface area (Å²) in [6.45, 7) is 0. The van der Waals surface area contributed by atoms with Gasteiger partial charge in [-0.1, -0.05) is 60.7 Å². The number of allylic oxidation sites excluding steroid dienone is 3. The molecule has 0 unspecified atom stereocenters. The molecular formula is C29H26N2. The van der Waals surface area contributed by atoms with Crippen molar-refractivity contribution in [2.75, 3.05) is 16.8 Å². The van der Waals surface area contributed by atoms with E-state index in [4.69, 9.17) is 0 Å². The van der Waals surface area contributed by atoms with E-state index in [0.717, 1.165) is 12.8 Å². The van der Waals surface area contributed by atoms with Crippen LogP contribution in [0.4, 0.5) is 22.7 Å². The number of hydrogen-bond acceptors (Lipinski definition) is 2. The highest BCUT2D eigenvalue weighted by atomic mass is 15.1. The molecule has 0 aliphatic heterocycles. The second kappa shape index (κ2) is 8.53. The van der Waals surface area contributed by atoms with E-state index in [1.807, 2.05) is 0 Å². The molecule has 4 aromatic rings. The van der Waals surface area contributed by atoms with Crippen LogP contribution in [-0.4, -0.2) is 7.05 Å². The maximum absolute atomic E-state index is 2.33. The quantitative estimate of drug-likeness (QED) is 0.334. The Labute approximate surface area is 184 Å². The first-order valence-corrected chi connectivity index (χ1v) is 10.8. The highest BCUT2D eigenvalue weighted by Crippen LogP contribution is 2.34. The van der Waals surface area contributed by atoms with Crippen molar-refractivity contribution in [3.63, 3.8) is 0 Å². The van der Waals surface area contributed by atoms with Gasteiger partial charge in [0, 0.05) is 35.5 Å². The molecule has 5 rings (SSSR count). The predicted molar refractivity (Wildman–Crippen MR) is 133 cm³/mol. The van der Waals surface area contributed by atoms with Gasteiger partial charge in [0.05, 0.1) is 0 Å². The first-order chi connectivity index (χ1) is 15.3. The van der Waals surface area contributed by atoms with Crippen molar-refractivity contribution in [1.29, 1.82) is 0 Å². The number of rotatable bonds is 5. The standard InChI is InChI=1S/C29H26N2/c1-30(29-17-16-23-10-8-9-11-24(23)22-29)25-18-20-28(21-19-25)31(26-12-4-2-5-13-26)27-14-6-3-7-15-27/h2,4-6,8-22H,3,7H2,1H3. The summed E-state index contributed by atoms with van der Waals surface area (Å²) < 4.78 is 0. The normalized spacial score (nSPS) is 13.1. The molecule has 0 bridgehead atoms. The molecule has 2 nitrogen and oxygen atoms in total. The Hall–Kier alpha value is -3.78. The van der Waals surface area contributed by atoms with Crippen molar-refractivity contribution in [2.24, 2.45) is 0 Å². The highest BCUT2D eigenvalue weighted by molar-refractivity contribution is 5.87. The lowest BCUT2D eigenvalue weighted by molar-refractivity contribution is 0.997. The number of fused-ring (bicyclic) bond motifs is 1. The monoisotopic (exact) mass is 402 g/mol. The topological polar surface area (TPSA) is 6.48 Å². The molecule has 0 saturated carbocycles. The Bertz CT molecular complexity index is 1240. The Morgan fingerprint density at radius 2 is 1.23 bits per heavy atom. The number of anilines is 4. The summed E-state index contributed by atoms with van der Waals surface area (Å²) in [5.41, 5.74) is 5.92. The number of para-hydroxylation sites is 1. The average Bonchev–Trinajstić information content (AvgIpc) is 2.85. The second-order valence-electron chi connectivity index (χ2n) is 7.89. The summed E-state index contributed by atoms with van der Waals surface area (Å²) >= 11 is 0. The van der Waals surface area contributed by atoms with E-state index in [1.165, 1.54) is 39.2 Å². The minimum Gasteiger partial charge on any atom is -0.345 e. The lowest BCUT2D eigenvalue weighted by atomic mass is 10.1. The van der Waals surface area contributed by atoms with Gasteiger partial charge in [-0.15, -0.1) is 0 Å². The molecule has 31 heavy (non-hydrogen) atoms. The highest BCUT2D eigenvalue weighted by Gasteiger charge is 2.14. The molecule has 0 fully saturated rings. The smallest absolute Gasteiger partial charge is 0.0462 e. The summed E-state index contributed by atoms with van der Waals surface area (Å²) in [5.74, 6) is 0. The molecule has 4 aromatic carbocycles. The van der Waals surface area contributed by atoms with Crippen molar-refractivity contribution >= 4 is 33.5 Å². The molecular weight excluding hydrogens is 376 g/mol. The minimum absolute atomic E-state index is 1.08. The van der Waals surface area contributed by atoms with Crippen molar-refractivity contribution in [3.8, 4) is 0 Å². The van der Waals surface area contributed by atoms with Gasteiger partial charge in [-0.25, -0.2) is 0 Å². The molecule has 0 aromatic heterocycles.